The topological polar surface area (TPSA) is 122 Å². The van der Waals surface area contributed by atoms with Crippen LogP contribution in [-0.2, 0) is 16.2 Å². The molecule has 1 saturated heterocycles. The first-order valence-electron chi connectivity index (χ1n) is 17.3. The van der Waals surface area contributed by atoms with Crippen LogP contribution in [0.25, 0.3) is 6.08 Å². The molecule has 0 spiro atoms. The minimum Gasteiger partial charge on any atom is -0.487 e. The largest absolute Gasteiger partial charge is 0.487 e. The number of imide groups is 2. The Morgan fingerprint density at radius 2 is 1.42 bits per heavy atom. The van der Waals surface area contributed by atoms with Crippen molar-refractivity contribution < 1.29 is 24.0 Å². The number of carbonyl (C=O) groups is 3. The normalized spacial score (nSPS) is 18.8. The molecule has 0 aliphatic carbocycles. The molecule has 8 rings (SSSR count). The molecule has 0 saturated carbocycles. The Morgan fingerprint density at radius 3 is 1.98 bits per heavy atom. The van der Waals surface area contributed by atoms with Gasteiger partial charge in [-0.1, -0.05) is 78.3 Å². The standard InChI is InChI=1S/C42H33ClN4O6/c43-37-22-27(13-16-38(37)53-25-26-11-14-30(15-12-26)47(51)52)21-36-40(48)44-42(50)46(41(36)49)31-23-34-32(28-7-3-1-4-8-28)17-19-45-20-18-33(35(24-31)39(34)45)29-9-5-2-6-10-29/h1-16,21-24,32-33H,17-20,25H2,(H,44,48,50)/b36-21+/t32-,33-/m0/s1. The van der Waals surface area contributed by atoms with Crippen LogP contribution < -0.4 is 19.9 Å². The van der Waals surface area contributed by atoms with Gasteiger partial charge in [-0.2, -0.15) is 0 Å². The zero-order valence-electron chi connectivity index (χ0n) is 28.4. The quantitative estimate of drug-likeness (QED) is 0.0739. The molecular weight excluding hydrogens is 692 g/mol. The van der Waals surface area contributed by atoms with Gasteiger partial charge in [0.05, 0.1) is 15.6 Å². The molecular formula is C42H33ClN4O6. The van der Waals surface area contributed by atoms with Crippen LogP contribution in [0.4, 0.5) is 21.9 Å². The lowest BCUT2D eigenvalue weighted by Crippen LogP contribution is -2.54. The second-order valence-corrected chi connectivity index (χ2v) is 13.7. The predicted molar refractivity (Wildman–Crippen MR) is 202 cm³/mol. The van der Waals surface area contributed by atoms with E-state index in [-0.39, 0.29) is 34.7 Å². The van der Waals surface area contributed by atoms with E-state index in [0.717, 1.165) is 58.8 Å². The van der Waals surface area contributed by atoms with Crippen molar-refractivity contribution in [2.45, 2.75) is 31.3 Å². The third-order valence-corrected chi connectivity index (χ3v) is 10.5. The highest BCUT2D eigenvalue weighted by molar-refractivity contribution is 6.39. The molecule has 5 aromatic rings. The Balaban J connectivity index is 1.13. The molecule has 4 amide bonds. The number of urea groups is 1. The van der Waals surface area contributed by atoms with Gasteiger partial charge in [-0.25, -0.2) is 9.69 Å². The fraction of sp³-hybridized carbons (Fsp3) is 0.167. The number of nitro groups is 1. The second kappa shape index (κ2) is 14.0. The average molecular weight is 725 g/mol. The van der Waals surface area contributed by atoms with Gasteiger partial charge in [-0.15, -0.1) is 0 Å². The maximum Gasteiger partial charge on any atom is 0.335 e. The number of halogens is 1. The summed E-state index contributed by atoms with van der Waals surface area (Å²) in [6.07, 6.45) is 3.18. The van der Waals surface area contributed by atoms with E-state index in [1.807, 2.05) is 48.5 Å². The van der Waals surface area contributed by atoms with E-state index in [1.165, 1.54) is 18.2 Å². The molecule has 0 aromatic heterocycles. The van der Waals surface area contributed by atoms with Crippen LogP contribution in [0.3, 0.4) is 0 Å². The van der Waals surface area contributed by atoms with Crippen LogP contribution in [-0.4, -0.2) is 35.9 Å². The van der Waals surface area contributed by atoms with Crippen LogP contribution in [0.15, 0.2) is 121 Å². The van der Waals surface area contributed by atoms with Gasteiger partial charge < -0.3 is 9.64 Å². The Hall–Kier alpha value is -6.26. The highest BCUT2D eigenvalue weighted by atomic mass is 35.5. The SMILES string of the molecule is O=C1NC(=O)N(c2cc3c4c(c2)[C@H](c2ccccc2)CCN4CC[C@H]3c2ccccc2)C(=O)/C1=C/c1ccc(OCc2ccc([N+](=O)[O-])cc2)c(Cl)c1. The third-order valence-electron chi connectivity index (χ3n) is 10.2. The second-order valence-electron chi connectivity index (χ2n) is 13.3. The van der Waals surface area contributed by atoms with Gasteiger partial charge >= 0.3 is 6.03 Å². The van der Waals surface area contributed by atoms with Crippen LogP contribution in [0.1, 0.15) is 58.1 Å². The van der Waals surface area contributed by atoms with Gasteiger partial charge in [0.25, 0.3) is 17.5 Å². The summed E-state index contributed by atoms with van der Waals surface area (Å²) in [6.45, 7) is 1.91. The van der Waals surface area contributed by atoms with Crippen molar-refractivity contribution in [1.29, 1.82) is 0 Å². The van der Waals surface area contributed by atoms with E-state index in [4.69, 9.17) is 16.3 Å². The highest BCUT2D eigenvalue weighted by Crippen LogP contribution is 2.50. The van der Waals surface area contributed by atoms with Crippen LogP contribution >= 0.6 is 11.6 Å². The van der Waals surface area contributed by atoms with Gasteiger partial charge in [0.2, 0.25) is 0 Å². The number of barbiturate groups is 1. The summed E-state index contributed by atoms with van der Waals surface area (Å²) >= 11 is 6.55. The number of rotatable bonds is 8. The van der Waals surface area contributed by atoms with Crippen molar-refractivity contribution in [2.75, 3.05) is 22.9 Å². The van der Waals surface area contributed by atoms with E-state index >= 15 is 0 Å². The van der Waals surface area contributed by atoms with E-state index < -0.39 is 22.8 Å². The molecule has 0 bridgehead atoms. The first-order chi connectivity index (χ1) is 25.7. The smallest absolute Gasteiger partial charge is 0.335 e. The number of amides is 4. The number of non-ortho nitro benzene ring substituents is 1. The van der Waals surface area contributed by atoms with E-state index in [0.29, 0.717) is 22.6 Å². The number of anilines is 2. The summed E-state index contributed by atoms with van der Waals surface area (Å²) in [7, 11) is 0. The third kappa shape index (κ3) is 6.53. The molecule has 1 fully saturated rings. The van der Waals surface area contributed by atoms with E-state index in [2.05, 4.69) is 34.5 Å². The fourth-order valence-corrected chi connectivity index (χ4v) is 7.87. The summed E-state index contributed by atoms with van der Waals surface area (Å²) in [5, 5.41) is 13.6. The van der Waals surface area contributed by atoms with Gasteiger partial charge in [0.1, 0.15) is 17.9 Å². The lowest BCUT2D eigenvalue weighted by Gasteiger charge is -2.44. The molecule has 2 atom stereocenters. The van der Waals surface area contributed by atoms with Crippen LogP contribution in [0.5, 0.6) is 5.75 Å². The van der Waals surface area contributed by atoms with Gasteiger partial charge in [-0.3, -0.25) is 25.0 Å². The molecule has 3 aliphatic heterocycles. The number of carbonyl (C=O) groups excluding carboxylic acids is 3. The van der Waals surface area contributed by atoms with Crippen molar-refractivity contribution in [3.63, 3.8) is 0 Å². The molecule has 53 heavy (non-hydrogen) atoms. The van der Waals surface area contributed by atoms with Crippen LogP contribution in [0.2, 0.25) is 5.02 Å². The molecule has 11 heteroatoms. The number of nitro benzene ring substituents is 1. The van der Waals surface area contributed by atoms with Crippen molar-refractivity contribution in [3.8, 4) is 5.75 Å². The van der Waals surface area contributed by atoms with Crippen molar-refractivity contribution >= 4 is 52.6 Å². The molecule has 3 heterocycles. The van der Waals surface area contributed by atoms with Crippen molar-refractivity contribution in [2.24, 2.45) is 0 Å². The Bertz CT molecular complexity index is 2220. The number of benzene rings is 5. The Morgan fingerprint density at radius 1 is 0.811 bits per heavy atom. The van der Waals surface area contributed by atoms with Gasteiger partial charge in [-0.05, 0) is 88.7 Å². The van der Waals surface area contributed by atoms with E-state index in [9.17, 15) is 24.5 Å². The molecule has 5 aromatic carbocycles. The lowest BCUT2D eigenvalue weighted by atomic mass is 9.76. The van der Waals surface area contributed by atoms with E-state index in [1.54, 1.807) is 30.3 Å². The molecule has 10 nitrogen and oxygen atoms in total. The summed E-state index contributed by atoms with van der Waals surface area (Å²) < 4.78 is 5.84. The number of nitrogens with one attached hydrogen (secondary N) is 1. The zero-order chi connectivity index (χ0) is 36.6. The average Bonchev–Trinajstić information content (AvgIpc) is 3.17. The minimum absolute atomic E-state index is 0.0219. The number of ether oxygens (including phenoxy) is 1. The summed E-state index contributed by atoms with van der Waals surface area (Å²) in [5.41, 5.74) is 6.90. The fourth-order valence-electron chi connectivity index (χ4n) is 7.63. The summed E-state index contributed by atoms with van der Waals surface area (Å²) in [6, 6.07) is 34.4. The minimum atomic E-state index is -0.812. The first kappa shape index (κ1) is 33.9. The Labute approximate surface area is 310 Å². The molecule has 3 aliphatic rings. The maximum absolute atomic E-state index is 14.2. The predicted octanol–water partition coefficient (Wildman–Crippen LogP) is 8.37. The summed E-state index contributed by atoms with van der Waals surface area (Å²) in [5.74, 6) is -1.09. The van der Waals surface area contributed by atoms with Gasteiger partial charge in [0, 0.05) is 42.7 Å². The zero-order valence-corrected chi connectivity index (χ0v) is 29.2. The monoisotopic (exact) mass is 724 g/mol. The maximum atomic E-state index is 14.2. The molecule has 264 valence electrons. The van der Waals surface area contributed by atoms with Gasteiger partial charge in [0.15, 0.2) is 0 Å². The lowest BCUT2D eigenvalue weighted by molar-refractivity contribution is -0.384. The number of nitrogens with zero attached hydrogens (tertiary/aromatic N) is 3. The highest BCUT2D eigenvalue weighted by Gasteiger charge is 2.40. The Kier molecular flexibility index (Phi) is 8.97. The van der Waals surface area contributed by atoms with Crippen molar-refractivity contribution in [3.05, 3.63) is 169 Å². The molecule has 1 N–H and O–H groups in total. The first-order valence-corrected chi connectivity index (χ1v) is 17.7. The number of hydrogen-bond acceptors (Lipinski definition) is 7. The molecule has 0 unspecified atom stereocenters. The number of hydrogen-bond donors (Lipinski definition) is 1. The van der Waals surface area contributed by atoms with Crippen LogP contribution in [0, 0.1) is 10.1 Å². The molecule has 0 radical (unpaired) electrons. The summed E-state index contributed by atoms with van der Waals surface area (Å²) in [4.78, 5) is 55.0. The van der Waals surface area contributed by atoms with Crippen molar-refractivity contribution in [1.82, 2.24) is 5.32 Å².